The highest BCUT2D eigenvalue weighted by Gasteiger charge is 2.42. The Balaban J connectivity index is 1.27. The summed E-state index contributed by atoms with van der Waals surface area (Å²) in [5, 5.41) is 130. The van der Waals surface area contributed by atoms with Crippen molar-refractivity contribution in [2.24, 2.45) is 16.5 Å². The number of nitrogens with two attached hydrogens (primary N) is 2. The van der Waals surface area contributed by atoms with Crippen molar-refractivity contribution in [1.29, 1.82) is 0 Å². The zero-order valence-corrected chi connectivity index (χ0v) is 53.4. The number of piperidine rings is 1. The van der Waals surface area contributed by atoms with Crippen LogP contribution in [0.3, 0.4) is 0 Å². The summed E-state index contributed by atoms with van der Waals surface area (Å²) in [6, 6.07) is -15.9. The number of nitrogens with zero attached hydrogens (tertiary/aromatic N) is 3. The van der Waals surface area contributed by atoms with Gasteiger partial charge in [0.15, 0.2) is 11.9 Å². The van der Waals surface area contributed by atoms with Gasteiger partial charge in [0, 0.05) is 44.1 Å². The molecule has 0 aromatic carbocycles. The molecular formula is C57H83N17O25. The molecule has 0 aromatic rings. The summed E-state index contributed by atoms with van der Waals surface area (Å²) >= 11 is 0. The monoisotopic (exact) mass is 1410 g/mol. The van der Waals surface area contributed by atoms with Crippen molar-refractivity contribution in [2.75, 3.05) is 56.6 Å². The van der Waals surface area contributed by atoms with E-state index in [0.717, 1.165) is 26.0 Å². The summed E-state index contributed by atoms with van der Waals surface area (Å²) in [4.78, 5) is 201. The predicted octanol–water partition coefficient (Wildman–Crippen LogP) is -10.9. The molecule has 99 heavy (non-hydrogen) atoms. The number of anilines is 2. The first-order valence-corrected chi connectivity index (χ1v) is 31.1. The number of fused-ring (bicyclic) bond motifs is 3. The third kappa shape index (κ3) is 21.9. The molecule has 42 heteroatoms. The van der Waals surface area contributed by atoms with E-state index < -0.39 is 231 Å². The average molecular weight is 1410 g/mol. The number of aliphatic hydroxyl groups is 6. The number of carboxylic acid groups (broad SMARTS) is 2. The molecule has 26 N–H and O–H groups in total. The van der Waals surface area contributed by atoms with Crippen molar-refractivity contribution in [3.63, 3.8) is 0 Å². The Morgan fingerprint density at radius 1 is 0.667 bits per heavy atom. The van der Waals surface area contributed by atoms with Crippen LogP contribution in [0, 0.1) is 0 Å². The number of benzene rings is 1. The fourth-order valence-corrected chi connectivity index (χ4v) is 10.5. The van der Waals surface area contributed by atoms with Gasteiger partial charge in [-0.2, -0.15) is 0 Å². The van der Waals surface area contributed by atoms with Crippen LogP contribution in [-0.2, 0) is 67.1 Å². The first kappa shape index (κ1) is 79.4. The number of rotatable bonds is 36. The fraction of sp³-hybridized carbons (Fsp3) is 0.579. The molecule has 0 radical (unpaired) electrons. The first-order chi connectivity index (χ1) is 46.7. The molecule has 1 aliphatic carbocycles. The highest BCUT2D eigenvalue weighted by molar-refractivity contribution is 6.02. The maximum atomic E-state index is 14.1. The van der Waals surface area contributed by atoms with Crippen LogP contribution in [0.1, 0.15) is 84.1 Å². The van der Waals surface area contributed by atoms with Crippen LogP contribution in [0.2, 0.25) is 0 Å². The van der Waals surface area contributed by atoms with Gasteiger partial charge in [0.25, 0.3) is 5.91 Å². The van der Waals surface area contributed by atoms with Crippen LogP contribution >= 0.6 is 0 Å². The van der Waals surface area contributed by atoms with Crippen LogP contribution in [-0.4, -0.2) is 274 Å². The molecule has 5 aliphatic rings. The van der Waals surface area contributed by atoms with Gasteiger partial charge in [-0.15, -0.1) is 0 Å². The van der Waals surface area contributed by atoms with Crippen molar-refractivity contribution < 1.29 is 118 Å². The smallest absolute Gasteiger partial charge is 0.335 e. The molecule has 4 heterocycles. The average Bonchev–Trinajstić information content (AvgIpc) is 0.748. The minimum atomic E-state index is -2.79. The molecule has 4 aliphatic heterocycles. The number of aliphatic imine (C=N–C) groups is 1. The van der Waals surface area contributed by atoms with Gasteiger partial charge >= 0.3 is 11.9 Å². The van der Waals surface area contributed by atoms with Crippen molar-refractivity contribution in [3.8, 4) is 17.0 Å². The van der Waals surface area contributed by atoms with E-state index in [1.807, 2.05) is 5.32 Å². The number of aliphatic carboxylic acids is 2. The molecule has 14 unspecified atom stereocenters. The number of primary amides is 1. The normalized spacial score (nSPS) is 19.1. The number of aliphatic hydroxyl groups excluding tert-OH is 6. The number of amides is 12. The lowest BCUT2D eigenvalue weighted by Crippen LogP contribution is -2.64. The van der Waals surface area contributed by atoms with Gasteiger partial charge in [-0.3, -0.25) is 77.3 Å². The molecular weight excluding hydrogens is 1320 g/mol. The molecule has 0 saturated carbocycles. The van der Waals surface area contributed by atoms with Gasteiger partial charge in [0.2, 0.25) is 70.4 Å². The number of phenolic OH excluding ortho intramolecular Hbond substituents is 1. The second kappa shape index (κ2) is 36.9. The van der Waals surface area contributed by atoms with Crippen molar-refractivity contribution >= 4 is 100 Å². The number of carbonyl (C=O) groups excluding carboxylic acids is 12. The van der Waals surface area contributed by atoms with E-state index in [9.17, 15) is 118 Å². The molecule has 14 atom stereocenters. The Morgan fingerprint density at radius 3 is 1.82 bits per heavy atom. The molecule has 1 fully saturated rings. The maximum absolute atomic E-state index is 14.1. The van der Waals surface area contributed by atoms with Crippen LogP contribution < -0.4 is 80.7 Å². The number of hydrogen-bond donors (Lipinski definition) is 24. The number of carbonyl (C=O) groups is 14. The summed E-state index contributed by atoms with van der Waals surface area (Å²) in [7, 11) is 0. The van der Waals surface area contributed by atoms with E-state index in [1.165, 1.54) is 10.6 Å². The second-order valence-corrected chi connectivity index (χ2v) is 23.3. The number of hydrogen-bond acceptors (Lipinski definition) is 27. The Hall–Kier alpha value is -10.2. The molecule has 0 aromatic heterocycles. The quantitative estimate of drug-likeness (QED) is 0.0282. The van der Waals surface area contributed by atoms with Crippen molar-refractivity contribution in [3.05, 3.63) is 28.4 Å². The SMILES string of the molecule is CC(O)C(NC(=O)C(CO)NC(=O)C1CCNc2c(NC(=O)CCC(=O)O)cc3cc(O)c(=O)cc-3n21)C(=O)NC(CO)C(=O)NC(CCCN)C(=O)NC(C(=O)NC(CCC(N)=O)C1=NCCC(C(=O)NC(CO)C(=O)NC(C(=O)NC2CCCN(O)C2=O)C(C)O)N1)C(O)C(=O)O. The van der Waals surface area contributed by atoms with Crippen LogP contribution in [0.5, 0.6) is 5.75 Å². The number of phenols is 1. The van der Waals surface area contributed by atoms with Crippen LogP contribution in [0.4, 0.5) is 11.5 Å². The number of aromatic nitrogens is 1. The molecule has 0 bridgehead atoms. The molecule has 546 valence electrons. The lowest BCUT2D eigenvalue weighted by Gasteiger charge is -2.34. The molecule has 1 saturated heterocycles. The van der Waals surface area contributed by atoms with E-state index in [4.69, 9.17) is 16.6 Å². The number of aromatic hydroxyl groups is 1. The Kier molecular flexibility index (Phi) is 29.6. The Bertz CT molecular complexity index is 3400. The standard InChI is InChI=1S/C57H83N17O25/c1-23(78)41(53(93)66-29-6-4-16-73(99)56(29)96)70-50(90)32(21-76)67-47(87)28-11-14-60-45(63-28)26(7-8-38(59)82)64-55(95)43(44(86)57(97)98)72-48(88)27(5-3-13-58)65-49(89)31(20-75)69-54(94)42(24(2)79)71-51(91)33(22-77)68-52(92)34-12-15-61-46-30(62-39(83)9-10-40(84)85)17-25-18-36(80)37(81)19-35(25)74(34)46/h17-19,23-24,26-29,31-34,41-44,61,75-80,86,99H,3-16,20-22,58H2,1-2H3,(H2,59,82)(H,60,63)(H,62,83)(H,64,95)(H,65,89)(H,66,93)(H,67,87)(H,68,92)(H,69,94)(H,70,90)(H,71,91)(H,72,88)(H,84,85)(H,97,98). The topological polar surface area (TPSA) is 675 Å². The lowest BCUT2D eigenvalue weighted by atomic mass is 10.0. The third-order valence-electron chi connectivity index (χ3n) is 15.8. The number of carboxylic acids is 2. The van der Waals surface area contributed by atoms with Crippen molar-refractivity contribution in [1.82, 2.24) is 62.8 Å². The minimum Gasteiger partial charge on any atom is -0.504 e. The number of amidine groups is 1. The molecule has 0 spiro atoms. The minimum absolute atomic E-state index is 0.00198. The molecule has 42 nitrogen and oxygen atoms in total. The van der Waals surface area contributed by atoms with E-state index in [2.05, 4.69) is 63.5 Å². The van der Waals surface area contributed by atoms with Crippen LogP contribution in [0.15, 0.2) is 28.0 Å². The van der Waals surface area contributed by atoms with Crippen molar-refractivity contribution in [2.45, 2.75) is 163 Å². The summed E-state index contributed by atoms with van der Waals surface area (Å²) in [6.45, 7) is -1.74. The summed E-state index contributed by atoms with van der Waals surface area (Å²) in [5.41, 5.74) is 10.3. The Labute approximate surface area is 561 Å². The zero-order chi connectivity index (χ0) is 73.7. The van der Waals surface area contributed by atoms with Gasteiger partial charge in [0.1, 0.15) is 72.1 Å². The second-order valence-electron chi connectivity index (χ2n) is 23.3. The summed E-state index contributed by atoms with van der Waals surface area (Å²) in [6.07, 6.45) is -8.52. The highest BCUT2D eigenvalue weighted by Crippen LogP contribution is 2.40. The molecule has 5 rings (SSSR count). The van der Waals surface area contributed by atoms with E-state index in [-0.39, 0.29) is 80.5 Å². The van der Waals surface area contributed by atoms with E-state index in [0.29, 0.717) is 11.5 Å². The highest BCUT2D eigenvalue weighted by atomic mass is 16.5. The number of hydroxylamine groups is 2. The van der Waals surface area contributed by atoms with Gasteiger partial charge in [-0.1, -0.05) is 0 Å². The fourth-order valence-electron chi connectivity index (χ4n) is 10.5. The predicted molar refractivity (Wildman–Crippen MR) is 336 cm³/mol. The van der Waals surface area contributed by atoms with E-state index >= 15 is 0 Å². The van der Waals surface area contributed by atoms with Gasteiger partial charge < -0.3 is 126 Å². The first-order valence-electron chi connectivity index (χ1n) is 31.1. The molecule has 12 amide bonds. The number of nitrogens with one attached hydrogen (secondary N) is 12. The van der Waals surface area contributed by atoms with Gasteiger partial charge in [0.05, 0.1) is 55.9 Å². The Morgan fingerprint density at radius 2 is 1.23 bits per heavy atom. The van der Waals surface area contributed by atoms with Crippen LogP contribution in [0.25, 0.3) is 11.3 Å². The maximum Gasteiger partial charge on any atom is 0.335 e. The lowest BCUT2D eigenvalue weighted by molar-refractivity contribution is -0.173. The largest absolute Gasteiger partial charge is 0.504 e. The number of pyridine rings is 1. The summed E-state index contributed by atoms with van der Waals surface area (Å²) in [5.74, 6) is -18.1. The van der Waals surface area contributed by atoms with Gasteiger partial charge in [-0.25, -0.2) is 9.86 Å². The summed E-state index contributed by atoms with van der Waals surface area (Å²) < 4.78 is 1.26. The zero-order valence-electron chi connectivity index (χ0n) is 53.4. The van der Waals surface area contributed by atoms with E-state index in [1.54, 1.807) is 0 Å². The van der Waals surface area contributed by atoms with Gasteiger partial charge in [-0.05, 0) is 77.5 Å². The third-order valence-corrected chi connectivity index (χ3v) is 15.8.